The Bertz CT molecular complexity index is 446. The minimum atomic E-state index is -4.38. The molecule has 0 fully saturated rings. The van der Waals surface area contributed by atoms with Gasteiger partial charge < -0.3 is 11.1 Å². The first-order valence-electron chi connectivity index (χ1n) is 5.75. The molecule has 1 aromatic carbocycles. The number of halogens is 3. The number of nitrogens with two attached hydrogens (primary N) is 1. The van der Waals surface area contributed by atoms with Crippen LogP contribution in [0.5, 0.6) is 0 Å². The lowest BCUT2D eigenvalue weighted by atomic mass is 9.87. The highest BCUT2D eigenvalue weighted by Crippen LogP contribution is 2.30. The number of rotatable bonds is 2. The predicted octanol–water partition coefficient (Wildman–Crippen LogP) is 3.02. The minimum absolute atomic E-state index is 0.290. The van der Waals surface area contributed by atoms with Crippen LogP contribution in [0, 0.1) is 5.41 Å². The fourth-order valence-corrected chi connectivity index (χ4v) is 1.36. The first kappa shape index (κ1) is 15.5. The quantitative estimate of drug-likeness (QED) is 0.871. The summed E-state index contributed by atoms with van der Waals surface area (Å²) < 4.78 is 37.1. The molecule has 0 spiro atoms. The fraction of sp³-hybridized carbons (Fsp3) is 0.462. The molecule has 0 aromatic heterocycles. The van der Waals surface area contributed by atoms with Crippen molar-refractivity contribution in [1.82, 2.24) is 0 Å². The molecule has 1 aromatic rings. The van der Waals surface area contributed by atoms with Crippen LogP contribution < -0.4 is 11.1 Å². The zero-order chi connectivity index (χ0) is 14.8. The number of amides is 1. The molecule has 0 saturated heterocycles. The molecule has 1 atom stereocenters. The fourth-order valence-electron chi connectivity index (χ4n) is 1.36. The summed E-state index contributed by atoms with van der Waals surface area (Å²) in [6.07, 6.45) is -4.38. The van der Waals surface area contributed by atoms with Crippen molar-refractivity contribution in [2.24, 2.45) is 11.1 Å². The average Bonchev–Trinajstić information content (AvgIpc) is 2.26. The number of carbonyl (C=O) groups is 1. The van der Waals surface area contributed by atoms with Gasteiger partial charge in [0.1, 0.15) is 0 Å². The second-order valence-corrected chi connectivity index (χ2v) is 5.41. The van der Waals surface area contributed by atoms with Crippen LogP contribution in [0.1, 0.15) is 26.3 Å². The Kier molecular flexibility index (Phi) is 4.25. The summed E-state index contributed by atoms with van der Waals surface area (Å²) in [6.45, 7) is 5.43. The second kappa shape index (κ2) is 5.21. The Morgan fingerprint density at radius 2 is 1.63 bits per heavy atom. The molecule has 19 heavy (non-hydrogen) atoms. The van der Waals surface area contributed by atoms with E-state index < -0.39 is 29.1 Å². The van der Waals surface area contributed by atoms with Crippen molar-refractivity contribution >= 4 is 11.6 Å². The molecule has 0 heterocycles. The molecular weight excluding hydrogens is 257 g/mol. The van der Waals surface area contributed by atoms with E-state index in [1.165, 1.54) is 12.1 Å². The lowest BCUT2D eigenvalue weighted by molar-refractivity contribution is -0.137. The van der Waals surface area contributed by atoms with Crippen molar-refractivity contribution in [2.45, 2.75) is 33.0 Å². The molecule has 0 saturated carbocycles. The molecule has 3 N–H and O–H groups in total. The lowest BCUT2D eigenvalue weighted by Gasteiger charge is -2.25. The standard InChI is InChI=1S/C13H17F3N2O/c1-12(2,3)10(17)11(19)18-9-6-4-8(5-7-9)13(14,15)16/h4-7,10H,17H2,1-3H3,(H,18,19). The van der Waals surface area contributed by atoms with Gasteiger partial charge in [-0.3, -0.25) is 4.79 Å². The third-order valence-electron chi connectivity index (χ3n) is 2.70. The maximum Gasteiger partial charge on any atom is 0.416 e. The second-order valence-electron chi connectivity index (χ2n) is 5.41. The maximum atomic E-state index is 12.4. The number of benzene rings is 1. The molecular formula is C13H17F3N2O. The number of anilines is 1. The third kappa shape index (κ3) is 4.24. The highest BCUT2D eigenvalue weighted by Gasteiger charge is 2.30. The van der Waals surface area contributed by atoms with E-state index in [-0.39, 0.29) is 5.69 Å². The van der Waals surface area contributed by atoms with E-state index in [1.807, 2.05) is 20.8 Å². The number of nitrogens with one attached hydrogen (secondary N) is 1. The number of hydrogen-bond donors (Lipinski definition) is 2. The molecule has 0 aliphatic carbocycles. The largest absolute Gasteiger partial charge is 0.416 e. The summed E-state index contributed by atoms with van der Waals surface area (Å²) in [4.78, 5) is 11.8. The van der Waals surface area contributed by atoms with Crippen molar-refractivity contribution in [1.29, 1.82) is 0 Å². The van der Waals surface area contributed by atoms with E-state index in [9.17, 15) is 18.0 Å². The average molecular weight is 274 g/mol. The van der Waals surface area contributed by atoms with Gasteiger partial charge in [-0.25, -0.2) is 0 Å². The van der Waals surface area contributed by atoms with E-state index in [0.717, 1.165) is 12.1 Å². The molecule has 6 heteroatoms. The highest BCUT2D eigenvalue weighted by atomic mass is 19.4. The molecule has 0 bridgehead atoms. The predicted molar refractivity (Wildman–Crippen MR) is 67.5 cm³/mol. The van der Waals surface area contributed by atoms with Gasteiger partial charge >= 0.3 is 6.18 Å². The van der Waals surface area contributed by atoms with Crippen molar-refractivity contribution in [3.05, 3.63) is 29.8 Å². The first-order valence-corrected chi connectivity index (χ1v) is 5.75. The summed E-state index contributed by atoms with van der Waals surface area (Å²) in [5.41, 5.74) is 4.86. The van der Waals surface area contributed by atoms with Gasteiger partial charge in [0, 0.05) is 5.69 Å². The van der Waals surface area contributed by atoms with Crippen molar-refractivity contribution in [3.63, 3.8) is 0 Å². The number of hydrogen-bond acceptors (Lipinski definition) is 2. The Labute approximate surface area is 110 Å². The van der Waals surface area contributed by atoms with Crippen molar-refractivity contribution in [2.75, 3.05) is 5.32 Å². The molecule has 106 valence electrons. The van der Waals surface area contributed by atoms with E-state index in [0.29, 0.717) is 0 Å². The van der Waals surface area contributed by atoms with Crippen LogP contribution in [-0.2, 0) is 11.0 Å². The van der Waals surface area contributed by atoms with Crippen molar-refractivity contribution in [3.8, 4) is 0 Å². The van der Waals surface area contributed by atoms with Crippen LogP contribution in [0.3, 0.4) is 0 Å². The first-order chi connectivity index (χ1) is 8.51. The SMILES string of the molecule is CC(C)(C)C(N)C(=O)Nc1ccc(C(F)(F)F)cc1. The topological polar surface area (TPSA) is 55.1 Å². The Balaban J connectivity index is 2.77. The Morgan fingerprint density at radius 1 is 1.16 bits per heavy atom. The van der Waals surface area contributed by atoms with E-state index in [1.54, 1.807) is 0 Å². The van der Waals surface area contributed by atoms with Crippen LogP contribution in [-0.4, -0.2) is 11.9 Å². The lowest BCUT2D eigenvalue weighted by Crippen LogP contribution is -2.45. The highest BCUT2D eigenvalue weighted by molar-refractivity contribution is 5.95. The number of alkyl halides is 3. The summed E-state index contributed by atoms with van der Waals surface area (Å²) in [5.74, 6) is -0.424. The van der Waals surface area contributed by atoms with E-state index in [2.05, 4.69) is 5.32 Å². The van der Waals surface area contributed by atoms with Gasteiger partial charge in [-0.1, -0.05) is 20.8 Å². The molecule has 1 unspecified atom stereocenters. The van der Waals surface area contributed by atoms with Crippen LogP contribution in [0.25, 0.3) is 0 Å². The summed E-state index contributed by atoms with van der Waals surface area (Å²) >= 11 is 0. The van der Waals surface area contributed by atoms with Gasteiger partial charge in [-0.15, -0.1) is 0 Å². The summed E-state index contributed by atoms with van der Waals surface area (Å²) in [7, 11) is 0. The van der Waals surface area contributed by atoms with Crippen LogP contribution in [0.2, 0.25) is 0 Å². The molecule has 1 amide bonds. The van der Waals surface area contributed by atoms with Gasteiger partial charge in [0.25, 0.3) is 0 Å². The Morgan fingerprint density at radius 3 is 2.00 bits per heavy atom. The van der Waals surface area contributed by atoms with E-state index >= 15 is 0 Å². The van der Waals surface area contributed by atoms with Gasteiger partial charge in [0.05, 0.1) is 11.6 Å². The van der Waals surface area contributed by atoms with Crippen LogP contribution in [0.4, 0.5) is 18.9 Å². The monoisotopic (exact) mass is 274 g/mol. The van der Waals surface area contributed by atoms with Gasteiger partial charge in [-0.2, -0.15) is 13.2 Å². The smallest absolute Gasteiger partial charge is 0.325 e. The molecule has 1 rings (SSSR count). The number of carbonyl (C=O) groups excluding carboxylic acids is 1. The molecule has 0 aliphatic heterocycles. The summed E-state index contributed by atoms with van der Waals surface area (Å²) in [6, 6.07) is 3.50. The van der Waals surface area contributed by atoms with Crippen LogP contribution in [0.15, 0.2) is 24.3 Å². The third-order valence-corrected chi connectivity index (χ3v) is 2.70. The summed E-state index contributed by atoms with van der Waals surface area (Å²) in [5, 5.41) is 2.50. The minimum Gasteiger partial charge on any atom is -0.325 e. The van der Waals surface area contributed by atoms with Gasteiger partial charge in [0.2, 0.25) is 5.91 Å². The normalized spacial score (nSPS) is 14.1. The maximum absolute atomic E-state index is 12.4. The molecule has 0 aliphatic rings. The van der Waals surface area contributed by atoms with Gasteiger partial charge in [0.15, 0.2) is 0 Å². The van der Waals surface area contributed by atoms with Crippen molar-refractivity contribution < 1.29 is 18.0 Å². The zero-order valence-electron chi connectivity index (χ0n) is 11.0. The molecule has 3 nitrogen and oxygen atoms in total. The zero-order valence-corrected chi connectivity index (χ0v) is 11.0. The Hall–Kier alpha value is -1.56. The van der Waals surface area contributed by atoms with E-state index in [4.69, 9.17) is 5.73 Å². The van der Waals surface area contributed by atoms with Gasteiger partial charge in [-0.05, 0) is 29.7 Å². The van der Waals surface area contributed by atoms with Crippen LogP contribution >= 0.6 is 0 Å². The molecule has 0 radical (unpaired) electrons.